The van der Waals surface area contributed by atoms with E-state index in [2.05, 4.69) is 10.6 Å². The minimum absolute atomic E-state index is 0.172. The van der Waals surface area contributed by atoms with Crippen LogP contribution in [-0.2, 0) is 0 Å². The van der Waals surface area contributed by atoms with Crippen molar-refractivity contribution in [3.63, 3.8) is 0 Å². The Labute approximate surface area is 117 Å². The lowest BCUT2D eigenvalue weighted by atomic mass is 10.2. The zero-order valence-electron chi connectivity index (χ0n) is 10.0. The van der Waals surface area contributed by atoms with Crippen LogP contribution in [0.1, 0.15) is 29.6 Å². The highest BCUT2D eigenvalue weighted by Crippen LogP contribution is 2.20. The lowest BCUT2D eigenvalue weighted by Crippen LogP contribution is -2.28. The second kappa shape index (κ2) is 6.41. The molecule has 18 heavy (non-hydrogen) atoms. The Morgan fingerprint density at radius 2 is 2.06 bits per heavy atom. The molecule has 0 unspecified atom stereocenters. The Balaban J connectivity index is 1.74. The number of hydrogen-bond donors (Lipinski definition) is 2. The van der Waals surface area contributed by atoms with E-state index >= 15 is 0 Å². The summed E-state index contributed by atoms with van der Waals surface area (Å²) in [5.41, 5.74) is 0.430. The second-order valence-electron chi connectivity index (χ2n) is 4.46. The van der Waals surface area contributed by atoms with Gasteiger partial charge in [0, 0.05) is 17.6 Å². The van der Waals surface area contributed by atoms with Crippen LogP contribution < -0.4 is 10.6 Å². The van der Waals surface area contributed by atoms with Crippen molar-refractivity contribution < 1.29 is 4.79 Å². The first kappa shape index (κ1) is 13.7. The third kappa shape index (κ3) is 4.16. The van der Waals surface area contributed by atoms with Gasteiger partial charge in [0.2, 0.25) is 0 Å². The van der Waals surface area contributed by atoms with Crippen LogP contribution in [0.4, 0.5) is 0 Å². The quantitative estimate of drug-likeness (QED) is 0.790. The highest BCUT2D eigenvalue weighted by atomic mass is 35.5. The zero-order chi connectivity index (χ0) is 13.0. The first-order chi connectivity index (χ1) is 8.66. The summed E-state index contributed by atoms with van der Waals surface area (Å²) in [5, 5.41) is 7.17. The van der Waals surface area contributed by atoms with Gasteiger partial charge in [0.1, 0.15) is 0 Å². The molecule has 5 heteroatoms. The summed E-state index contributed by atoms with van der Waals surface area (Å²) in [6.45, 7) is 1.58. The van der Waals surface area contributed by atoms with Crippen LogP contribution in [-0.4, -0.2) is 25.0 Å². The predicted molar refractivity (Wildman–Crippen MR) is 74.4 cm³/mol. The van der Waals surface area contributed by atoms with Gasteiger partial charge in [0.05, 0.1) is 10.6 Å². The van der Waals surface area contributed by atoms with Crippen molar-refractivity contribution in [1.29, 1.82) is 0 Å². The molecule has 98 valence electrons. The highest BCUT2D eigenvalue weighted by Gasteiger charge is 2.19. The van der Waals surface area contributed by atoms with Crippen molar-refractivity contribution in [2.45, 2.75) is 25.3 Å². The zero-order valence-corrected chi connectivity index (χ0v) is 11.5. The minimum Gasteiger partial charge on any atom is -0.352 e. The van der Waals surface area contributed by atoms with Gasteiger partial charge in [-0.1, -0.05) is 23.2 Å². The number of benzene rings is 1. The molecule has 0 radical (unpaired) electrons. The van der Waals surface area contributed by atoms with Crippen molar-refractivity contribution in [3.05, 3.63) is 33.8 Å². The Bertz CT molecular complexity index is 433. The molecule has 2 rings (SSSR count). The van der Waals surface area contributed by atoms with Gasteiger partial charge < -0.3 is 10.6 Å². The number of halogens is 2. The summed E-state index contributed by atoms with van der Waals surface area (Å²) >= 11 is 11.8. The molecule has 3 nitrogen and oxygen atoms in total. The average Bonchev–Trinajstić information content (AvgIpc) is 3.15. The molecule has 0 spiro atoms. The molecule has 1 saturated carbocycles. The summed E-state index contributed by atoms with van der Waals surface area (Å²) in [6, 6.07) is 5.60. The largest absolute Gasteiger partial charge is 0.352 e. The van der Waals surface area contributed by atoms with E-state index in [1.165, 1.54) is 12.8 Å². The third-order valence-electron chi connectivity index (χ3n) is 2.82. The second-order valence-corrected chi connectivity index (χ2v) is 5.31. The maximum Gasteiger partial charge on any atom is 0.252 e. The van der Waals surface area contributed by atoms with Gasteiger partial charge >= 0.3 is 0 Å². The molecule has 0 saturated heterocycles. The summed E-state index contributed by atoms with van der Waals surface area (Å²) in [7, 11) is 0. The van der Waals surface area contributed by atoms with Gasteiger partial charge in [-0.15, -0.1) is 0 Å². The summed E-state index contributed by atoms with van der Waals surface area (Å²) in [5.74, 6) is -0.172. The fraction of sp³-hybridized carbons (Fsp3) is 0.462. The predicted octanol–water partition coefficient (Wildman–Crippen LogP) is 2.87. The molecule has 0 aromatic heterocycles. The molecule has 1 fully saturated rings. The molecule has 0 heterocycles. The SMILES string of the molecule is O=C(NCCCNC1CC1)c1cc(Cl)ccc1Cl. The van der Waals surface area contributed by atoms with Crippen LogP contribution in [0.25, 0.3) is 0 Å². The Morgan fingerprint density at radius 1 is 1.28 bits per heavy atom. The van der Waals surface area contributed by atoms with E-state index in [0.717, 1.165) is 13.0 Å². The molecule has 1 aromatic rings. The summed E-state index contributed by atoms with van der Waals surface area (Å²) < 4.78 is 0. The van der Waals surface area contributed by atoms with Crippen LogP contribution in [0.2, 0.25) is 10.0 Å². The maximum absolute atomic E-state index is 11.9. The Morgan fingerprint density at radius 3 is 2.78 bits per heavy atom. The van der Waals surface area contributed by atoms with Crippen LogP contribution in [0, 0.1) is 0 Å². The van der Waals surface area contributed by atoms with E-state index in [9.17, 15) is 4.79 Å². The number of carbonyl (C=O) groups is 1. The monoisotopic (exact) mass is 286 g/mol. The molecule has 1 aliphatic rings. The fourth-order valence-corrected chi connectivity index (χ4v) is 2.03. The van der Waals surface area contributed by atoms with Gasteiger partial charge in [-0.05, 0) is 44.0 Å². The standard InChI is InChI=1S/C13H16Cl2N2O/c14-9-2-5-12(15)11(8-9)13(18)17-7-1-6-16-10-3-4-10/h2,5,8,10,16H,1,3-4,6-7H2,(H,17,18). The lowest BCUT2D eigenvalue weighted by Gasteiger charge is -2.07. The number of carbonyl (C=O) groups excluding carboxylic acids is 1. The van der Waals surface area contributed by atoms with Gasteiger partial charge in [-0.25, -0.2) is 0 Å². The first-order valence-electron chi connectivity index (χ1n) is 6.13. The van der Waals surface area contributed by atoms with Crippen LogP contribution in [0.15, 0.2) is 18.2 Å². The number of hydrogen-bond acceptors (Lipinski definition) is 2. The molecular formula is C13H16Cl2N2O. The molecule has 0 atom stereocenters. The molecule has 1 aliphatic carbocycles. The Hall–Kier alpha value is -0.770. The van der Waals surface area contributed by atoms with E-state index < -0.39 is 0 Å². The summed E-state index contributed by atoms with van der Waals surface area (Å²) in [6.07, 6.45) is 3.48. The summed E-state index contributed by atoms with van der Waals surface area (Å²) in [4.78, 5) is 11.9. The maximum atomic E-state index is 11.9. The average molecular weight is 287 g/mol. The molecule has 0 bridgehead atoms. The molecule has 2 N–H and O–H groups in total. The van der Waals surface area contributed by atoms with Crippen molar-refractivity contribution in [2.24, 2.45) is 0 Å². The topological polar surface area (TPSA) is 41.1 Å². The highest BCUT2D eigenvalue weighted by molar-refractivity contribution is 6.35. The smallest absolute Gasteiger partial charge is 0.252 e. The number of amides is 1. The van der Waals surface area contributed by atoms with Crippen LogP contribution >= 0.6 is 23.2 Å². The van der Waals surface area contributed by atoms with E-state index in [4.69, 9.17) is 23.2 Å². The number of nitrogens with one attached hydrogen (secondary N) is 2. The van der Waals surface area contributed by atoms with Crippen LogP contribution in [0.3, 0.4) is 0 Å². The van der Waals surface area contributed by atoms with E-state index in [1.54, 1.807) is 18.2 Å². The van der Waals surface area contributed by atoms with Gasteiger partial charge in [-0.2, -0.15) is 0 Å². The fourth-order valence-electron chi connectivity index (χ4n) is 1.65. The molecular weight excluding hydrogens is 271 g/mol. The third-order valence-corrected chi connectivity index (χ3v) is 3.39. The first-order valence-corrected chi connectivity index (χ1v) is 6.89. The molecule has 0 aliphatic heterocycles. The normalized spacial score (nSPS) is 14.6. The molecule has 1 amide bonds. The van der Waals surface area contributed by atoms with E-state index in [-0.39, 0.29) is 5.91 Å². The Kier molecular flexibility index (Phi) is 4.87. The van der Waals surface area contributed by atoms with Gasteiger partial charge in [-0.3, -0.25) is 4.79 Å². The van der Waals surface area contributed by atoms with E-state index in [1.807, 2.05) is 0 Å². The molecule has 1 aromatic carbocycles. The number of rotatable bonds is 6. The van der Waals surface area contributed by atoms with Gasteiger partial charge in [0.15, 0.2) is 0 Å². The van der Waals surface area contributed by atoms with Crippen molar-refractivity contribution in [2.75, 3.05) is 13.1 Å². The minimum atomic E-state index is -0.172. The van der Waals surface area contributed by atoms with Crippen molar-refractivity contribution in [3.8, 4) is 0 Å². The van der Waals surface area contributed by atoms with Crippen molar-refractivity contribution in [1.82, 2.24) is 10.6 Å². The van der Waals surface area contributed by atoms with Crippen molar-refractivity contribution >= 4 is 29.1 Å². The van der Waals surface area contributed by atoms with Gasteiger partial charge in [0.25, 0.3) is 5.91 Å². The van der Waals surface area contributed by atoms with E-state index in [0.29, 0.717) is 28.2 Å². The lowest BCUT2D eigenvalue weighted by molar-refractivity contribution is 0.0953. The van der Waals surface area contributed by atoms with Crippen LogP contribution in [0.5, 0.6) is 0 Å².